The first-order valence-electron chi connectivity index (χ1n) is 6.67. The molecule has 1 aromatic rings. The lowest BCUT2D eigenvalue weighted by Gasteiger charge is -2.24. The normalized spacial score (nSPS) is 28.5. The first-order valence-corrected chi connectivity index (χ1v) is 6.67. The third-order valence-electron chi connectivity index (χ3n) is 4.00. The van der Waals surface area contributed by atoms with Gasteiger partial charge in [0, 0.05) is 18.7 Å². The molecule has 0 amide bonds. The third-order valence-corrected chi connectivity index (χ3v) is 4.00. The maximum Gasteiger partial charge on any atom is 0.0646 e. The highest BCUT2D eigenvalue weighted by atomic mass is 16.5. The van der Waals surface area contributed by atoms with E-state index in [1.807, 2.05) is 0 Å². The molecular formula is C15H21NO. The van der Waals surface area contributed by atoms with Crippen molar-refractivity contribution in [3.8, 4) is 0 Å². The Balaban J connectivity index is 1.68. The molecule has 1 aliphatic carbocycles. The number of rotatable bonds is 4. The van der Waals surface area contributed by atoms with Gasteiger partial charge in [0.1, 0.15) is 0 Å². The first kappa shape index (κ1) is 11.2. The van der Waals surface area contributed by atoms with Crippen LogP contribution in [0.5, 0.6) is 0 Å². The van der Waals surface area contributed by atoms with E-state index in [1.54, 1.807) is 5.56 Å². The molecule has 3 rings (SSSR count). The van der Waals surface area contributed by atoms with Gasteiger partial charge >= 0.3 is 0 Å². The summed E-state index contributed by atoms with van der Waals surface area (Å²) in [5.74, 6) is 0.834. The molecule has 1 aliphatic heterocycles. The molecule has 1 N–H and O–H groups in total. The Morgan fingerprint density at radius 1 is 1.35 bits per heavy atom. The summed E-state index contributed by atoms with van der Waals surface area (Å²) < 4.78 is 5.48. The van der Waals surface area contributed by atoms with Crippen LogP contribution >= 0.6 is 0 Å². The van der Waals surface area contributed by atoms with Crippen LogP contribution in [0.25, 0.3) is 0 Å². The molecular weight excluding hydrogens is 210 g/mol. The van der Waals surface area contributed by atoms with Crippen molar-refractivity contribution < 1.29 is 4.74 Å². The third kappa shape index (κ3) is 2.53. The average molecular weight is 231 g/mol. The second kappa shape index (κ2) is 4.43. The monoisotopic (exact) mass is 231 g/mol. The van der Waals surface area contributed by atoms with Gasteiger partial charge in [-0.3, -0.25) is 0 Å². The topological polar surface area (TPSA) is 21.3 Å². The SMILES string of the molecule is CC1(NCc2ccccc2C2CC2)CCOC1. The van der Waals surface area contributed by atoms with E-state index >= 15 is 0 Å². The average Bonchev–Trinajstić information content (AvgIpc) is 3.11. The Labute approximate surface area is 103 Å². The molecule has 17 heavy (non-hydrogen) atoms. The predicted octanol–water partition coefficient (Wildman–Crippen LogP) is 2.83. The highest BCUT2D eigenvalue weighted by Gasteiger charge is 2.30. The van der Waals surface area contributed by atoms with E-state index in [-0.39, 0.29) is 5.54 Å². The fraction of sp³-hybridized carbons (Fsp3) is 0.600. The zero-order valence-corrected chi connectivity index (χ0v) is 10.5. The van der Waals surface area contributed by atoms with Gasteiger partial charge < -0.3 is 10.1 Å². The number of hydrogen-bond acceptors (Lipinski definition) is 2. The Morgan fingerprint density at radius 2 is 2.18 bits per heavy atom. The van der Waals surface area contributed by atoms with Crippen LogP contribution in [0.15, 0.2) is 24.3 Å². The minimum Gasteiger partial charge on any atom is -0.379 e. The van der Waals surface area contributed by atoms with Crippen LogP contribution in [0.4, 0.5) is 0 Å². The van der Waals surface area contributed by atoms with Gasteiger partial charge in [-0.15, -0.1) is 0 Å². The molecule has 2 fully saturated rings. The Morgan fingerprint density at radius 3 is 2.88 bits per heavy atom. The highest BCUT2D eigenvalue weighted by Crippen LogP contribution is 2.41. The zero-order chi connectivity index (χ0) is 11.7. The smallest absolute Gasteiger partial charge is 0.0646 e. The van der Waals surface area contributed by atoms with E-state index in [1.165, 1.54) is 18.4 Å². The molecule has 1 heterocycles. The summed E-state index contributed by atoms with van der Waals surface area (Å²) >= 11 is 0. The van der Waals surface area contributed by atoms with E-state index < -0.39 is 0 Å². The van der Waals surface area contributed by atoms with E-state index in [4.69, 9.17) is 4.74 Å². The highest BCUT2D eigenvalue weighted by molar-refractivity contribution is 5.33. The van der Waals surface area contributed by atoms with Crippen LogP contribution < -0.4 is 5.32 Å². The molecule has 0 spiro atoms. The summed E-state index contributed by atoms with van der Waals surface area (Å²) in [6, 6.07) is 8.87. The first-order chi connectivity index (χ1) is 8.27. The van der Waals surface area contributed by atoms with Crippen molar-refractivity contribution in [1.29, 1.82) is 0 Å². The van der Waals surface area contributed by atoms with E-state index in [0.717, 1.165) is 32.1 Å². The molecule has 2 heteroatoms. The van der Waals surface area contributed by atoms with Crippen molar-refractivity contribution in [3.63, 3.8) is 0 Å². The molecule has 2 nitrogen and oxygen atoms in total. The van der Waals surface area contributed by atoms with Crippen LogP contribution in [0.2, 0.25) is 0 Å². The van der Waals surface area contributed by atoms with Crippen LogP contribution in [0.1, 0.15) is 43.2 Å². The lowest BCUT2D eigenvalue weighted by molar-refractivity contribution is 0.171. The van der Waals surface area contributed by atoms with Crippen LogP contribution in [-0.2, 0) is 11.3 Å². The molecule has 0 radical (unpaired) electrons. The van der Waals surface area contributed by atoms with Gasteiger partial charge in [-0.2, -0.15) is 0 Å². The number of hydrogen-bond donors (Lipinski definition) is 1. The second-order valence-corrected chi connectivity index (χ2v) is 5.69. The maximum atomic E-state index is 5.48. The van der Waals surface area contributed by atoms with Gasteiger partial charge in [-0.05, 0) is 43.2 Å². The predicted molar refractivity (Wildman–Crippen MR) is 69.1 cm³/mol. The van der Waals surface area contributed by atoms with Crippen molar-refractivity contribution in [1.82, 2.24) is 5.32 Å². The second-order valence-electron chi connectivity index (χ2n) is 5.69. The maximum absolute atomic E-state index is 5.48. The van der Waals surface area contributed by atoms with E-state index in [2.05, 4.69) is 36.5 Å². The number of nitrogens with one attached hydrogen (secondary N) is 1. The Bertz CT molecular complexity index is 392. The van der Waals surface area contributed by atoms with Crippen LogP contribution in [0.3, 0.4) is 0 Å². The van der Waals surface area contributed by atoms with Crippen molar-refractivity contribution in [2.45, 2.75) is 44.2 Å². The Kier molecular flexibility index (Phi) is 2.93. The summed E-state index contributed by atoms with van der Waals surface area (Å²) in [4.78, 5) is 0. The van der Waals surface area contributed by atoms with Crippen molar-refractivity contribution in [2.75, 3.05) is 13.2 Å². The van der Waals surface area contributed by atoms with E-state index in [0.29, 0.717) is 0 Å². The minimum absolute atomic E-state index is 0.177. The van der Waals surface area contributed by atoms with Gasteiger partial charge in [0.25, 0.3) is 0 Å². The molecule has 1 aromatic carbocycles. The van der Waals surface area contributed by atoms with Gasteiger partial charge in [-0.25, -0.2) is 0 Å². The lowest BCUT2D eigenvalue weighted by Crippen LogP contribution is -2.42. The van der Waals surface area contributed by atoms with Gasteiger partial charge in [0.15, 0.2) is 0 Å². The molecule has 1 atom stereocenters. The largest absolute Gasteiger partial charge is 0.379 e. The summed E-state index contributed by atoms with van der Waals surface area (Å²) in [6.07, 6.45) is 3.87. The minimum atomic E-state index is 0.177. The molecule has 0 bridgehead atoms. The van der Waals surface area contributed by atoms with Crippen molar-refractivity contribution in [2.24, 2.45) is 0 Å². The van der Waals surface area contributed by atoms with Gasteiger partial charge in [-0.1, -0.05) is 24.3 Å². The van der Waals surface area contributed by atoms with Crippen LogP contribution in [-0.4, -0.2) is 18.8 Å². The quantitative estimate of drug-likeness (QED) is 0.860. The number of benzene rings is 1. The van der Waals surface area contributed by atoms with Gasteiger partial charge in [0.2, 0.25) is 0 Å². The van der Waals surface area contributed by atoms with Crippen molar-refractivity contribution >= 4 is 0 Å². The molecule has 0 aromatic heterocycles. The summed E-state index contributed by atoms with van der Waals surface area (Å²) in [7, 11) is 0. The summed E-state index contributed by atoms with van der Waals surface area (Å²) in [5.41, 5.74) is 3.21. The zero-order valence-electron chi connectivity index (χ0n) is 10.5. The molecule has 92 valence electrons. The molecule has 1 unspecified atom stereocenters. The summed E-state index contributed by atoms with van der Waals surface area (Å²) in [6.45, 7) is 4.98. The fourth-order valence-corrected chi connectivity index (χ4v) is 2.60. The number of ether oxygens (including phenoxy) is 1. The fourth-order valence-electron chi connectivity index (χ4n) is 2.60. The molecule has 1 saturated carbocycles. The molecule has 2 aliphatic rings. The van der Waals surface area contributed by atoms with Crippen LogP contribution in [0, 0.1) is 0 Å². The lowest BCUT2D eigenvalue weighted by atomic mass is 9.99. The molecule has 1 saturated heterocycles. The standard InChI is InChI=1S/C15H21NO/c1-15(8-9-17-11-15)16-10-13-4-2-3-5-14(13)12-6-7-12/h2-5,12,16H,6-11H2,1H3. The Hall–Kier alpha value is -0.860. The van der Waals surface area contributed by atoms with Crippen molar-refractivity contribution in [3.05, 3.63) is 35.4 Å². The van der Waals surface area contributed by atoms with Gasteiger partial charge in [0.05, 0.1) is 6.61 Å². The summed E-state index contributed by atoms with van der Waals surface area (Å²) in [5, 5.41) is 3.67. The van der Waals surface area contributed by atoms with E-state index in [9.17, 15) is 0 Å².